The van der Waals surface area contributed by atoms with Crippen molar-refractivity contribution in [2.45, 2.75) is 26.7 Å². The van der Waals surface area contributed by atoms with Crippen LogP contribution in [0.4, 0.5) is 0 Å². The summed E-state index contributed by atoms with van der Waals surface area (Å²) in [5.41, 5.74) is 1.67. The molecule has 0 amide bonds. The molecular weight excluding hydrogens is 140 g/mol. The van der Waals surface area contributed by atoms with Crippen LogP contribution in [0.1, 0.15) is 26.7 Å². The number of hydrogen-bond donors (Lipinski definition) is 0. The second-order valence-corrected chi connectivity index (χ2v) is 3.62. The molecular formula is C9H16S. The van der Waals surface area contributed by atoms with E-state index < -0.39 is 0 Å². The highest BCUT2D eigenvalue weighted by Crippen LogP contribution is 2.47. The Kier molecular flexibility index (Phi) is 2.14. The monoisotopic (exact) mass is 156 g/mol. The minimum absolute atomic E-state index is 0. The van der Waals surface area contributed by atoms with Gasteiger partial charge in [-0.3, -0.25) is 0 Å². The third kappa shape index (κ3) is 0.914. The first kappa shape index (κ1) is 8.19. The molecule has 1 saturated carbocycles. The van der Waals surface area contributed by atoms with E-state index in [9.17, 15) is 0 Å². The van der Waals surface area contributed by atoms with Crippen molar-refractivity contribution in [2.24, 2.45) is 17.8 Å². The smallest absolute Gasteiger partial charge is 0.0174 e. The maximum Gasteiger partial charge on any atom is -0.0174 e. The molecule has 2 aliphatic carbocycles. The molecule has 0 aliphatic heterocycles. The summed E-state index contributed by atoms with van der Waals surface area (Å²) in [6.45, 7) is 4.69. The van der Waals surface area contributed by atoms with Gasteiger partial charge >= 0.3 is 0 Å². The zero-order chi connectivity index (χ0) is 6.43. The van der Waals surface area contributed by atoms with Gasteiger partial charge in [0.05, 0.1) is 0 Å². The summed E-state index contributed by atoms with van der Waals surface area (Å²) in [4.78, 5) is 0. The molecule has 0 spiro atoms. The summed E-state index contributed by atoms with van der Waals surface area (Å²) >= 11 is 0. The van der Waals surface area contributed by atoms with Gasteiger partial charge in [0.2, 0.25) is 0 Å². The standard InChI is InChI=1S/C9H14.H2S/c1-6-5-8-3-4-9(6)7(8)2;/h5,7-9H,3-4H2,1-2H3;1H2. The molecule has 58 valence electrons. The zero-order valence-electron chi connectivity index (χ0n) is 6.72. The minimum Gasteiger partial charge on any atom is -0.197 e. The fourth-order valence-electron chi connectivity index (χ4n) is 2.53. The van der Waals surface area contributed by atoms with Crippen molar-refractivity contribution in [1.82, 2.24) is 0 Å². The average Bonchev–Trinajstić information content (AvgIpc) is 2.25. The fourth-order valence-corrected chi connectivity index (χ4v) is 2.53. The van der Waals surface area contributed by atoms with Crippen LogP contribution in [-0.2, 0) is 0 Å². The van der Waals surface area contributed by atoms with Crippen molar-refractivity contribution in [3.63, 3.8) is 0 Å². The minimum atomic E-state index is 0. The van der Waals surface area contributed by atoms with E-state index in [0.29, 0.717) is 0 Å². The maximum absolute atomic E-state index is 2.48. The lowest BCUT2D eigenvalue weighted by Crippen LogP contribution is -2.01. The fraction of sp³-hybridized carbons (Fsp3) is 0.778. The molecule has 0 nitrogen and oxygen atoms in total. The molecule has 3 atom stereocenters. The first-order valence-corrected chi connectivity index (χ1v) is 3.97. The van der Waals surface area contributed by atoms with Gasteiger partial charge in [0.25, 0.3) is 0 Å². The zero-order valence-corrected chi connectivity index (χ0v) is 7.72. The third-order valence-corrected chi connectivity index (χ3v) is 3.18. The van der Waals surface area contributed by atoms with Crippen LogP contribution in [0.5, 0.6) is 0 Å². The molecule has 2 bridgehead atoms. The van der Waals surface area contributed by atoms with Gasteiger partial charge in [0, 0.05) is 0 Å². The Balaban J connectivity index is 0.000000500. The summed E-state index contributed by atoms with van der Waals surface area (Å²) in [5, 5.41) is 0. The molecule has 2 aliphatic rings. The van der Waals surface area contributed by atoms with Crippen molar-refractivity contribution in [3.05, 3.63) is 11.6 Å². The Labute approximate surface area is 70.2 Å². The number of allylic oxidation sites excluding steroid dienone is 2. The second-order valence-electron chi connectivity index (χ2n) is 3.62. The number of hydrogen-bond acceptors (Lipinski definition) is 0. The van der Waals surface area contributed by atoms with E-state index in [1.807, 2.05) is 0 Å². The largest absolute Gasteiger partial charge is 0.197 e. The van der Waals surface area contributed by atoms with E-state index in [1.165, 1.54) is 12.8 Å². The van der Waals surface area contributed by atoms with Crippen molar-refractivity contribution in [2.75, 3.05) is 0 Å². The number of fused-ring (bicyclic) bond motifs is 2. The van der Waals surface area contributed by atoms with Gasteiger partial charge in [-0.15, -0.1) is 0 Å². The van der Waals surface area contributed by atoms with Crippen LogP contribution in [-0.4, -0.2) is 0 Å². The molecule has 0 saturated heterocycles. The van der Waals surface area contributed by atoms with Crippen molar-refractivity contribution in [1.29, 1.82) is 0 Å². The molecule has 0 aromatic heterocycles. The molecule has 0 radical (unpaired) electrons. The molecule has 0 aromatic carbocycles. The predicted octanol–water partition coefficient (Wildman–Crippen LogP) is 2.72. The third-order valence-electron chi connectivity index (χ3n) is 3.18. The van der Waals surface area contributed by atoms with Crippen LogP contribution in [0.2, 0.25) is 0 Å². The van der Waals surface area contributed by atoms with Crippen LogP contribution in [0.25, 0.3) is 0 Å². The topological polar surface area (TPSA) is 0 Å². The van der Waals surface area contributed by atoms with Crippen LogP contribution in [0.3, 0.4) is 0 Å². The summed E-state index contributed by atoms with van der Waals surface area (Å²) in [6, 6.07) is 0. The van der Waals surface area contributed by atoms with E-state index in [2.05, 4.69) is 19.9 Å². The molecule has 1 fully saturated rings. The first-order valence-electron chi connectivity index (χ1n) is 3.97. The first-order chi connectivity index (χ1) is 4.29. The van der Waals surface area contributed by atoms with Gasteiger partial charge in [-0.2, -0.15) is 13.5 Å². The highest BCUT2D eigenvalue weighted by atomic mass is 32.1. The van der Waals surface area contributed by atoms with E-state index in [-0.39, 0.29) is 13.5 Å². The van der Waals surface area contributed by atoms with Gasteiger partial charge < -0.3 is 0 Å². The average molecular weight is 156 g/mol. The lowest BCUT2D eigenvalue weighted by molar-refractivity contribution is 0.464. The van der Waals surface area contributed by atoms with E-state index in [0.717, 1.165) is 17.8 Å². The van der Waals surface area contributed by atoms with Crippen molar-refractivity contribution < 1.29 is 0 Å². The summed E-state index contributed by atoms with van der Waals surface area (Å²) in [5.74, 6) is 2.90. The molecule has 0 N–H and O–H groups in total. The number of rotatable bonds is 0. The summed E-state index contributed by atoms with van der Waals surface area (Å²) < 4.78 is 0. The molecule has 2 rings (SSSR count). The van der Waals surface area contributed by atoms with E-state index in [4.69, 9.17) is 0 Å². The van der Waals surface area contributed by atoms with Gasteiger partial charge in [-0.05, 0) is 37.5 Å². The van der Waals surface area contributed by atoms with Gasteiger partial charge in [0.15, 0.2) is 0 Å². The molecule has 0 heterocycles. The van der Waals surface area contributed by atoms with Crippen LogP contribution in [0.15, 0.2) is 11.6 Å². The molecule has 1 heteroatoms. The lowest BCUT2D eigenvalue weighted by atomic mass is 9.96. The highest BCUT2D eigenvalue weighted by molar-refractivity contribution is 7.59. The van der Waals surface area contributed by atoms with E-state index >= 15 is 0 Å². The Morgan fingerprint density at radius 3 is 2.30 bits per heavy atom. The second kappa shape index (κ2) is 2.61. The Bertz CT molecular complexity index is 160. The summed E-state index contributed by atoms with van der Waals surface area (Å²) in [6.07, 6.45) is 5.41. The quantitative estimate of drug-likeness (QED) is 0.473. The van der Waals surface area contributed by atoms with Gasteiger partial charge in [-0.1, -0.05) is 18.6 Å². The Hall–Kier alpha value is 0.0900. The van der Waals surface area contributed by atoms with Gasteiger partial charge in [-0.25, -0.2) is 0 Å². The van der Waals surface area contributed by atoms with Crippen molar-refractivity contribution >= 4 is 13.5 Å². The van der Waals surface area contributed by atoms with E-state index in [1.54, 1.807) is 5.57 Å². The van der Waals surface area contributed by atoms with Crippen LogP contribution in [0, 0.1) is 17.8 Å². The molecule has 3 unspecified atom stereocenters. The lowest BCUT2D eigenvalue weighted by Gasteiger charge is -2.09. The van der Waals surface area contributed by atoms with Crippen molar-refractivity contribution in [3.8, 4) is 0 Å². The van der Waals surface area contributed by atoms with Crippen LogP contribution >= 0.6 is 13.5 Å². The molecule has 10 heavy (non-hydrogen) atoms. The normalized spacial score (nSPS) is 43.0. The Morgan fingerprint density at radius 2 is 2.10 bits per heavy atom. The predicted molar refractivity (Wildman–Crippen MR) is 49.5 cm³/mol. The highest BCUT2D eigenvalue weighted by Gasteiger charge is 2.37. The van der Waals surface area contributed by atoms with Crippen LogP contribution < -0.4 is 0 Å². The molecule has 0 aromatic rings. The summed E-state index contributed by atoms with van der Waals surface area (Å²) in [7, 11) is 0. The van der Waals surface area contributed by atoms with Gasteiger partial charge in [0.1, 0.15) is 0 Å². The maximum atomic E-state index is 2.48. The Morgan fingerprint density at radius 1 is 1.40 bits per heavy atom. The SMILES string of the molecule is CC1=CC2CCC1C2C.S.